The van der Waals surface area contributed by atoms with Crippen molar-refractivity contribution in [3.8, 4) is 0 Å². The fourth-order valence-corrected chi connectivity index (χ4v) is 2.89. The molecule has 0 fully saturated rings. The molecular formula is C21H22N4O3. The van der Waals surface area contributed by atoms with Crippen LogP contribution < -0.4 is 16.0 Å². The van der Waals surface area contributed by atoms with Gasteiger partial charge in [-0.05, 0) is 51.1 Å². The molecule has 1 aromatic carbocycles. The minimum absolute atomic E-state index is 0.301. The van der Waals surface area contributed by atoms with Crippen molar-refractivity contribution in [2.24, 2.45) is 5.10 Å². The zero-order valence-electron chi connectivity index (χ0n) is 16.1. The second kappa shape index (κ2) is 8.47. The lowest BCUT2D eigenvalue weighted by atomic mass is 10.1. The summed E-state index contributed by atoms with van der Waals surface area (Å²) in [5, 5.41) is 4.82. The first-order valence-corrected chi connectivity index (χ1v) is 9.11. The minimum Gasteiger partial charge on any atom is -0.422 e. The molecule has 0 saturated carbocycles. The van der Waals surface area contributed by atoms with Gasteiger partial charge in [0.1, 0.15) is 5.58 Å². The number of fused-ring (bicyclic) bond motifs is 1. The van der Waals surface area contributed by atoms with Crippen LogP contribution in [0, 0.1) is 0 Å². The third-order valence-corrected chi connectivity index (χ3v) is 4.49. The second-order valence-corrected chi connectivity index (χ2v) is 6.22. The minimum atomic E-state index is -0.499. The molecule has 1 N–H and O–H groups in total. The Hall–Kier alpha value is -3.48. The Morgan fingerprint density at radius 2 is 2.00 bits per heavy atom. The van der Waals surface area contributed by atoms with Crippen molar-refractivity contribution in [3.63, 3.8) is 0 Å². The zero-order valence-corrected chi connectivity index (χ0v) is 16.1. The summed E-state index contributed by atoms with van der Waals surface area (Å²) >= 11 is 0. The molecule has 3 aromatic rings. The highest BCUT2D eigenvalue weighted by molar-refractivity contribution is 6.02. The molecule has 0 atom stereocenters. The molecular weight excluding hydrogens is 356 g/mol. The molecule has 7 heteroatoms. The summed E-state index contributed by atoms with van der Waals surface area (Å²) in [4.78, 5) is 30.6. The molecule has 0 unspecified atom stereocenters. The molecule has 0 saturated heterocycles. The molecule has 7 nitrogen and oxygen atoms in total. The maximum atomic E-state index is 12.4. The SMILES string of the molecule is CCN(CC)c1ccc2cc(/C(C)=N/NC(=O)c3cccnc3)c(=O)oc2c1. The number of benzene rings is 1. The van der Waals surface area contributed by atoms with Crippen LogP contribution in [0.2, 0.25) is 0 Å². The van der Waals surface area contributed by atoms with Gasteiger partial charge in [-0.3, -0.25) is 9.78 Å². The van der Waals surface area contributed by atoms with Gasteiger partial charge in [0.2, 0.25) is 0 Å². The monoisotopic (exact) mass is 378 g/mol. The van der Waals surface area contributed by atoms with E-state index < -0.39 is 11.5 Å². The van der Waals surface area contributed by atoms with Gasteiger partial charge in [-0.2, -0.15) is 5.10 Å². The number of carbonyl (C=O) groups is 1. The van der Waals surface area contributed by atoms with Gasteiger partial charge in [0.25, 0.3) is 5.91 Å². The van der Waals surface area contributed by atoms with E-state index in [-0.39, 0.29) is 0 Å². The number of nitrogens with zero attached hydrogens (tertiary/aromatic N) is 3. The maximum absolute atomic E-state index is 12.4. The van der Waals surface area contributed by atoms with Crippen molar-refractivity contribution < 1.29 is 9.21 Å². The Labute approximate surface area is 162 Å². The van der Waals surface area contributed by atoms with Crippen LogP contribution in [-0.2, 0) is 0 Å². The number of anilines is 1. The number of carbonyl (C=O) groups excluding carboxylic acids is 1. The first kappa shape index (κ1) is 19.3. The summed E-state index contributed by atoms with van der Waals surface area (Å²) in [5.74, 6) is -0.401. The van der Waals surface area contributed by atoms with Crippen LogP contribution in [-0.4, -0.2) is 29.7 Å². The van der Waals surface area contributed by atoms with Gasteiger partial charge in [0, 0.05) is 42.6 Å². The highest BCUT2D eigenvalue weighted by atomic mass is 16.4. The van der Waals surface area contributed by atoms with E-state index in [1.807, 2.05) is 18.2 Å². The molecule has 0 aliphatic heterocycles. The van der Waals surface area contributed by atoms with E-state index >= 15 is 0 Å². The highest BCUT2D eigenvalue weighted by Crippen LogP contribution is 2.22. The molecule has 0 bridgehead atoms. The summed E-state index contributed by atoms with van der Waals surface area (Å²) in [7, 11) is 0. The van der Waals surface area contributed by atoms with Crippen LogP contribution in [0.4, 0.5) is 5.69 Å². The van der Waals surface area contributed by atoms with Crippen molar-refractivity contribution in [2.45, 2.75) is 20.8 Å². The fourth-order valence-electron chi connectivity index (χ4n) is 2.89. The predicted molar refractivity (Wildman–Crippen MR) is 110 cm³/mol. The Morgan fingerprint density at radius 3 is 2.68 bits per heavy atom. The first-order valence-electron chi connectivity index (χ1n) is 9.11. The molecule has 0 aliphatic carbocycles. The topological polar surface area (TPSA) is 87.8 Å². The Balaban J connectivity index is 1.88. The van der Waals surface area contributed by atoms with E-state index in [4.69, 9.17) is 4.42 Å². The van der Waals surface area contributed by atoms with Crippen LogP contribution >= 0.6 is 0 Å². The summed E-state index contributed by atoms with van der Waals surface area (Å²) in [6, 6.07) is 10.8. The normalized spacial score (nSPS) is 11.5. The van der Waals surface area contributed by atoms with Gasteiger partial charge in [-0.15, -0.1) is 0 Å². The first-order chi connectivity index (χ1) is 13.5. The molecule has 3 rings (SSSR count). The van der Waals surface area contributed by atoms with Crippen LogP contribution in [0.3, 0.4) is 0 Å². The van der Waals surface area contributed by atoms with Gasteiger partial charge in [-0.1, -0.05) is 0 Å². The van der Waals surface area contributed by atoms with E-state index in [0.717, 1.165) is 24.2 Å². The third kappa shape index (κ3) is 4.09. The number of pyridine rings is 1. The van der Waals surface area contributed by atoms with E-state index in [1.54, 1.807) is 31.3 Å². The Kier molecular flexibility index (Phi) is 5.84. The Bertz CT molecular complexity index is 1070. The lowest BCUT2D eigenvalue weighted by Gasteiger charge is -2.21. The smallest absolute Gasteiger partial charge is 0.345 e. The average Bonchev–Trinajstić information content (AvgIpc) is 2.72. The molecule has 0 aliphatic rings. The number of hydrogen-bond donors (Lipinski definition) is 1. The van der Waals surface area contributed by atoms with Gasteiger partial charge < -0.3 is 9.32 Å². The summed E-state index contributed by atoms with van der Waals surface area (Å²) in [5.41, 5.74) is 4.50. The number of hydrazone groups is 1. The van der Waals surface area contributed by atoms with Gasteiger partial charge in [0.05, 0.1) is 16.8 Å². The molecule has 2 aromatic heterocycles. The summed E-state index contributed by atoms with van der Waals surface area (Å²) in [6.45, 7) is 7.53. The largest absolute Gasteiger partial charge is 0.422 e. The molecule has 0 radical (unpaired) electrons. The van der Waals surface area contributed by atoms with Crippen molar-refractivity contribution >= 4 is 28.3 Å². The van der Waals surface area contributed by atoms with Gasteiger partial charge >= 0.3 is 5.63 Å². The van der Waals surface area contributed by atoms with Crippen molar-refractivity contribution in [3.05, 3.63) is 70.3 Å². The highest BCUT2D eigenvalue weighted by Gasteiger charge is 2.11. The van der Waals surface area contributed by atoms with E-state index in [0.29, 0.717) is 22.4 Å². The fraction of sp³-hybridized carbons (Fsp3) is 0.238. The molecule has 1 amide bonds. The molecule has 2 heterocycles. The quantitative estimate of drug-likeness (QED) is 0.404. The number of amides is 1. The van der Waals surface area contributed by atoms with Crippen molar-refractivity contribution in [1.82, 2.24) is 10.4 Å². The van der Waals surface area contributed by atoms with Gasteiger partial charge in [-0.25, -0.2) is 10.2 Å². The second-order valence-electron chi connectivity index (χ2n) is 6.22. The molecule has 0 spiro atoms. The predicted octanol–water partition coefficient (Wildman–Crippen LogP) is 3.19. The maximum Gasteiger partial charge on any atom is 0.345 e. The number of rotatable bonds is 6. The van der Waals surface area contributed by atoms with E-state index in [2.05, 4.69) is 34.3 Å². The standard InChI is InChI=1S/C21H22N4O3/c1-4-25(5-2)17-9-8-15-11-18(21(27)28-19(15)12-17)14(3)23-24-20(26)16-7-6-10-22-13-16/h6-13H,4-5H2,1-3H3,(H,24,26)/b23-14+. The third-order valence-electron chi connectivity index (χ3n) is 4.49. The van der Waals surface area contributed by atoms with Gasteiger partial charge in [0.15, 0.2) is 0 Å². The summed E-state index contributed by atoms with van der Waals surface area (Å²) in [6.07, 6.45) is 3.02. The van der Waals surface area contributed by atoms with Crippen LogP contribution in [0.15, 0.2) is 63.1 Å². The number of aromatic nitrogens is 1. The van der Waals surface area contributed by atoms with Crippen LogP contribution in [0.25, 0.3) is 11.0 Å². The summed E-state index contributed by atoms with van der Waals surface area (Å²) < 4.78 is 5.50. The van der Waals surface area contributed by atoms with Crippen molar-refractivity contribution in [1.29, 1.82) is 0 Å². The average molecular weight is 378 g/mol. The lowest BCUT2D eigenvalue weighted by molar-refractivity contribution is 0.0954. The number of nitrogens with one attached hydrogen (secondary N) is 1. The van der Waals surface area contributed by atoms with Crippen LogP contribution in [0.1, 0.15) is 36.7 Å². The molecule has 28 heavy (non-hydrogen) atoms. The van der Waals surface area contributed by atoms with Crippen LogP contribution in [0.5, 0.6) is 0 Å². The lowest BCUT2D eigenvalue weighted by Crippen LogP contribution is -2.22. The number of hydrogen-bond acceptors (Lipinski definition) is 6. The van der Waals surface area contributed by atoms with E-state index in [9.17, 15) is 9.59 Å². The Morgan fingerprint density at radius 1 is 1.21 bits per heavy atom. The van der Waals surface area contributed by atoms with E-state index in [1.165, 1.54) is 6.20 Å². The van der Waals surface area contributed by atoms with Crippen molar-refractivity contribution in [2.75, 3.05) is 18.0 Å². The zero-order chi connectivity index (χ0) is 20.1. The molecule has 144 valence electrons.